The van der Waals surface area contributed by atoms with Crippen LogP contribution < -0.4 is 5.32 Å². The van der Waals surface area contributed by atoms with Gasteiger partial charge >= 0.3 is 0 Å². The summed E-state index contributed by atoms with van der Waals surface area (Å²) in [5.74, 6) is -0.274. The maximum atomic E-state index is 12.2. The number of amides is 1. The number of pyridine rings is 1. The Kier molecular flexibility index (Phi) is 5.02. The molecule has 1 aromatic heterocycles. The van der Waals surface area contributed by atoms with Crippen LogP contribution >= 0.6 is 39.1 Å². The fraction of sp³-hybridized carbons (Fsp3) is 0.143. The first-order valence-electron chi connectivity index (χ1n) is 5.92. The van der Waals surface area contributed by atoms with Gasteiger partial charge in [-0.2, -0.15) is 0 Å². The first kappa shape index (κ1) is 15.3. The molecule has 3 nitrogen and oxygen atoms in total. The Morgan fingerprint density at radius 3 is 2.75 bits per heavy atom. The van der Waals surface area contributed by atoms with Crippen LogP contribution in [0.2, 0.25) is 10.2 Å². The fourth-order valence-electron chi connectivity index (χ4n) is 1.65. The number of aryl methyl sites for hydroxylation is 1. The van der Waals surface area contributed by atoms with Gasteiger partial charge in [-0.15, -0.1) is 0 Å². The molecule has 1 aromatic carbocycles. The second kappa shape index (κ2) is 6.57. The lowest BCUT2D eigenvalue weighted by Gasteiger charge is -2.09. The van der Waals surface area contributed by atoms with Crippen LogP contribution in [-0.2, 0) is 6.42 Å². The minimum atomic E-state index is -0.274. The summed E-state index contributed by atoms with van der Waals surface area (Å²) in [4.78, 5) is 16.4. The zero-order valence-corrected chi connectivity index (χ0v) is 13.7. The highest BCUT2D eigenvalue weighted by atomic mass is 79.9. The smallest absolute Gasteiger partial charge is 0.255 e. The van der Waals surface area contributed by atoms with Gasteiger partial charge in [0.05, 0.1) is 10.7 Å². The number of nitrogens with one attached hydrogen (secondary N) is 1. The van der Waals surface area contributed by atoms with E-state index in [1.54, 1.807) is 24.3 Å². The molecule has 2 aromatic rings. The molecule has 20 heavy (non-hydrogen) atoms. The molecule has 1 N–H and O–H groups in total. The van der Waals surface area contributed by atoms with Crippen molar-refractivity contribution in [3.8, 4) is 0 Å². The van der Waals surface area contributed by atoms with Gasteiger partial charge in [0.25, 0.3) is 5.91 Å². The zero-order valence-electron chi connectivity index (χ0n) is 10.6. The topological polar surface area (TPSA) is 42.0 Å². The number of rotatable bonds is 3. The third kappa shape index (κ3) is 3.72. The highest BCUT2D eigenvalue weighted by Crippen LogP contribution is 2.26. The molecule has 0 atom stereocenters. The van der Waals surface area contributed by atoms with Crippen molar-refractivity contribution in [2.75, 3.05) is 5.32 Å². The Balaban J connectivity index is 2.28. The first-order chi connectivity index (χ1) is 9.49. The number of aromatic nitrogens is 1. The Labute approximate surface area is 135 Å². The van der Waals surface area contributed by atoms with Crippen LogP contribution in [0, 0.1) is 0 Å². The minimum absolute atomic E-state index is 0.274. The summed E-state index contributed by atoms with van der Waals surface area (Å²) < 4.78 is 0.833. The molecule has 0 aliphatic heterocycles. The van der Waals surface area contributed by atoms with Crippen LogP contribution in [0.25, 0.3) is 0 Å². The third-order valence-corrected chi connectivity index (χ3v) is 3.66. The third-order valence-electron chi connectivity index (χ3n) is 2.65. The summed E-state index contributed by atoms with van der Waals surface area (Å²) in [6.07, 6.45) is 0.707. The SMILES string of the molecule is CCc1cc(C(=O)Nc2cc(Br)ccc2Cl)cc(Cl)n1. The van der Waals surface area contributed by atoms with Crippen molar-refractivity contribution >= 4 is 50.7 Å². The molecule has 0 fully saturated rings. The van der Waals surface area contributed by atoms with E-state index < -0.39 is 0 Å². The zero-order chi connectivity index (χ0) is 14.7. The number of hydrogen-bond donors (Lipinski definition) is 1. The lowest BCUT2D eigenvalue weighted by molar-refractivity contribution is 0.102. The van der Waals surface area contributed by atoms with Crippen molar-refractivity contribution < 1.29 is 4.79 Å². The summed E-state index contributed by atoms with van der Waals surface area (Å²) in [5, 5.41) is 3.53. The molecule has 0 saturated heterocycles. The predicted molar refractivity (Wildman–Crippen MR) is 85.7 cm³/mol. The van der Waals surface area contributed by atoms with Gasteiger partial charge in [0.2, 0.25) is 0 Å². The normalized spacial score (nSPS) is 10.4. The molecule has 0 saturated carbocycles. The predicted octanol–water partition coefficient (Wildman–Crippen LogP) is 4.97. The number of carbonyl (C=O) groups excluding carboxylic acids is 1. The average molecular weight is 374 g/mol. The van der Waals surface area contributed by atoms with E-state index in [0.717, 1.165) is 10.2 Å². The minimum Gasteiger partial charge on any atom is -0.321 e. The summed E-state index contributed by atoms with van der Waals surface area (Å²) >= 11 is 15.3. The van der Waals surface area contributed by atoms with E-state index in [1.807, 2.05) is 6.92 Å². The van der Waals surface area contributed by atoms with Crippen LogP contribution in [0.4, 0.5) is 5.69 Å². The van der Waals surface area contributed by atoms with E-state index in [2.05, 4.69) is 26.2 Å². The summed E-state index contributed by atoms with van der Waals surface area (Å²) in [7, 11) is 0. The molecule has 6 heteroatoms. The molecule has 0 aliphatic carbocycles. The molecular formula is C14H11BrCl2N2O. The van der Waals surface area contributed by atoms with Crippen LogP contribution in [0.1, 0.15) is 23.0 Å². The van der Waals surface area contributed by atoms with Crippen LogP contribution in [0.5, 0.6) is 0 Å². The Hall–Kier alpha value is -1.10. The number of nitrogens with zero attached hydrogens (tertiary/aromatic N) is 1. The first-order valence-corrected chi connectivity index (χ1v) is 7.47. The maximum absolute atomic E-state index is 12.2. The van der Waals surface area contributed by atoms with Gasteiger partial charge in [0.1, 0.15) is 5.15 Å². The number of halogens is 3. The second-order valence-electron chi connectivity index (χ2n) is 4.10. The van der Waals surface area contributed by atoms with Crippen molar-refractivity contribution in [2.24, 2.45) is 0 Å². The van der Waals surface area contributed by atoms with Gasteiger partial charge in [0, 0.05) is 15.7 Å². The Morgan fingerprint density at radius 2 is 2.05 bits per heavy atom. The van der Waals surface area contributed by atoms with E-state index in [0.29, 0.717) is 27.8 Å². The maximum Gasteiger partial charge on any atom is 0.255 e. The monoisotopic (exact) mass is 372 g/mol. The summed E-state index contributed by atoms with van der Waals surface area (Å²) in [6.45, 7) is 1.95. The molecule has 0 radical (unpaired) electrons. The standard InChI is InChI=1S/C14H11BrCl2N2O/c1-2-10-5-8(6-13(17)18-10)14(20)19-12-7-9(15)3-4-11(12)16/h3-7H,2H2,1H3,(H,19,20). The lowest BCUT2D eigenvalue weighted by Crippen LogP contribution is -2.13. The molecule has 1 amide bonds. The van der Waals surface area contributed by atoms with E-state index in [-0.39, 0.29) is 5.91 Å². The largest absolute Gasteiger partial charge is 0.321 e. The highest BCUT2D eigenvalue weighted by Gasteiger charge is 2.11. The highest BCUT2D eigenvalue weighted by molar-refractivity contribution is 9.10. The van der Waals surface area contributed by atoms with Gasteiger partial charge in [-0.25, -0.2) is 4.98 Å². The molecule has 0 bridgehead atoms. The second-order valence-corrected chi connectivity index (χ2v) is 5.81. The van der Waals surface area contributed by atoms with Gasteiger partial charge in [-0.1, -0.05) is 46.1 Å². The van der Waals surface area contributed by atoms with Gasteiger partial charge in [-0.05, 0) is 36.8 Å². The molecular weight excluding hydrogens is 363 g/mol. The van der Waals surface area contributed by atoms with Crippen LogP contribution in [0.3, 0.4) is 0 Å². The van der Waals surface area contributed by atoms with Gasteiger partial charge in [0.15, 0.2) is 0 Å². The van der Waals surface area contributed by atoms with Crippen molar-refractivity contribution in [3.05, 3.63) is 56.2 Å². The number of benzene rings is 1. The average Bonchev–Trinajstić information content (AvgIpc) is 2.42. The van der Waals surface area contributed by atoms with Crippen LogP contribution in [-0.4, -0.2) is 10.9 Å². The lowest BCUT2D eigenvalue weighted by atomic mass is 10.2. The van der Waals surface area contributed by atoms with E-state index in [1.165, 1.54) is 6.07 Å². The fourth-order valence-corrected chi connectivity index (χ4v) is 2.40. The van der Waals surface area contributed by atoms with Crippen molar-refractivity contribution in [1.29, 1.82) is 0 Å². The van der Waals surface area contributed by atoms with Crippen molar-refractivity contribution in [2.45, 2.75) is 13.3 Å². The molecule has 2 rings (SSSR count). The van der Waals surface area contributed by atoms with E-state index in [9.17, 15) is 4.79 Å². The van der Waals surface area contributed by atoms with Gasteiger partial charge in [-0.3, -0.25) is 4.79 Å². The van der Waals surface area contributed by atoms with Crippen molar-refractivity contribution in [1.82, 2.24) is 4.98 Å². The summed E-state index contributed by atoms with van der Waals surface area (Å²) in [6, 6.07) is 8.49. The quantitative estimate of drug-likeness (QED) is 0.772. The molecule has 0 aliphatic rings. The van der Waals surface area contributed by atoms with Crippen molar-refractivity contribution in [3.63, 3.8) is 0 Å². The van der Waals surface area contributed by atoms with Gasteiger partial charge < -0.3 is 5.32 Å². The number of carbonyl (C=O) groups is 1. The van der Waals surface area contributed by atoms with Crippen LogP contribution in [0.15, 0.2) is 34.8 Å². The molecule has 1 heterocycles. The summed E-state index contributed by atoms with van der Waals surface area (Å²) in [5.41, 5.74) is 1.76. The molecule has 0 unspecified atom stereocenters. The van der Waals surface area contributed by atoms with E-state index >= 15 is 0 Å². The van der Waals surface area contributed by atoms with E-state index in [4.69, 9.17) is 23.2 Å². The number of anilines is 1. The number of hydrogen-bond acceptors (Lipinski definition) is 2. The Morgan fingerprint density at radius 1 is 1.30 bits per heavy atom. The molecule has 104 valence electrons. The Bertz CT molecular complexity index is 662. The molecule has 0 spiro atoms.